The second-order valence-corrected chi connectivity index (χ2v) is 9.82. The van der Waals surface area contributed by atoms with Crippen LogP contribution in [0.3, 0.4) is 0 Å². The van der Waals surface area contributed by atoms with Gasteiger partial charge in [-0.1, -0.05) is 42.5 Å². The van der Waals surface area contributed by atoms with Crippen LogP contribution in [0.4, 0.5) is 0 Å². The molecule has 3 nitrogen and oxygen atoms in total. The average Bonchev–Trinajstić information content (AvgIpc) is 2.09. The molecule has 0 radical (unpaired) electrons. The number of hydrogen-bond acceptors (Lipinski definition) is 2. The molecule has 0 bridgehead atoms. The van der Waals surface area contributed by atoms with Crippen LogP contribution in [0.1, 0.15) is 63.3 Å². The predicted octanol–water partition coefficient (Wildman–Crippen LogP) is 5.26. The standard InChI is InChI=1S/C12H28NO2P.2CH4/c1-9-13(8)16(14,12(5,6)7)15-10-11(2,3)4;;/h9-10H2,1-8H3;2*1H4. The molecule has 1 unspecified atom stereocenters. The summed E-state index contributed by atoms with van der Waals surface area (Å²) in [5, 5.41) is -0.344. The van der Waals surface area contributed by atoms with Gasteiger partial charge in [-0.25, -0.2) is 4.67 Å². The van der Waals surface area contributed by atoms with Crippen LogP contribution in [0.15, 0.2) is 0 Å². The van der Waals surface area contributed by atoms with E-state index >= 15 is 0 Å². The molecule has 0 aromatic heterocycles. The molecule has 0 N–H and O–H groups in total. The van der Waals surface area contributed by atoms with Crippen molar-refractivity contribution < 1.29 is 9.09 Å². The van der Waals surface area contributed by atoms with Gasteiger partial charge in [0, 0.05) is 6.54 Å². The Balaban J connectivity index is -0.00000112. The van der Waals surface area contributed by atoms with Gasteiger partial charge in [0.05, 0.1) is 11.8 Å². The van der Waals surface area contributed by atoms with Crippen molar-refractivity contribution in [3.8, 4) is 0 Å². The highest BCUT2D eigenvalue weighted by Crippen LogP contribution is 2.61. The van der Waals surface area contributed by atoms with Gasteiger partial charge in [0.2, 0.25) is 0 Å². The van der Waals surface area contributed by atoms with Gasteiger partial charge in [0.1, 0.15) is 0 Å². The van der Waals surface area contributed by atoms with Gasteiger partial charge in [-0.2, -0.15) is 0 Å². The molecule has 0 aliphatic heterocycles. The minimum absolute atomic E-state index is 0. The summed E-state index contributed by atoms with van der Waals surface area (Å²) < 4.78 is 20.6. The Morgan fingerprint density at radius 2 is 1.44 bits per heavy atom. The van der Waals surface area contributed by atoms with Gasteiger partial charge in [-0.3, -0.25) is 4.57 Å². The van der Waals surface area contributed by atoms with Crippen LogP contribution in [0, 0.1) is 5.41 Å². The summed E-state index contributed by atoms with van der Waals surface area (Å²) in [7, 11) is -0.888. The molecule has 114 valence electrons. The minimum atomic E-state index is -2.76. The van der Waals surface area contributed by atoms with Crippen molar-refractivity contribution in [1.29, 1.82) is 0 Å². The molecule has 0 fully saturated rings. The summed E-state index contributed by atoms with van der Waals surface area (Å²) in [4.78, 5) is 0. The van der Waals surface area contributed by atoms with Gasteiger partial charge in [-0.15, -0.1) is 0 Å². The van der Waals surface area contributed by atoms with Crippen LogP contribution in [-0.2, 0) is 9.09 Å². The van der Waals surface area contributed by atoms with Gasteiger partial charge >= 0.3 is 0 Å². The van der Waals surface area contributed by atoms with Gasteiger partial charge in [0.15, 0.2) is 0 Å². The summed E-state index contributed by atoms with van der Waals surface area (Å²) in [6, 6.07) is 0. The van der Waals surface area contributed by atoms with Gasteiger partial charge in [-0.05, 0) is 33.2 Å². The first-order valence-corrected chi connectivity index (χ1v) is 7.48. The van der Waals surface area contributed by atoms with E-state index in [1.165, 1.54) is 0 Å². The summed E-state index contributed by atoms with van der Waals surface area (Å²) in [6.45, 7) is 15.4. The average molecular weight is 281 g/mol. The minimum Gasteiger partial charge on any atom is -0.316 e. The fourth-order valence-corrected chi connectivity index (χ4v) is 3.81. The maximum absolute atomic E-state index is 12.9. The lowest BCUT2D eigenvalue weighted by Gasteiger charge is -2.38. The molecule has 0 saturated carbocycles. The van der Waals surface area contributed by atoms with E-state index < -0.39 is 7.52 Å². The summed E-state index contributed by atoms with van der Waals surface area (Å²) in [5.74, 6) is 0. The van der Waals surface area contributed by atoms with Crippen molar-refractivity contribution >= 4 is 7.52 Å². The van der Waals surface area contributed by atoms with Crippen molar-refractivity contribution in [3.05, 3.63) is 0 Å². The highest BCUT2D eigenvalue weighted by molar-refractivity contribution is 7.58. The zero-order valence-corrected chi connectivity index (χ0v) is 13.0. The molecule has 1 atom stereocenters. The van der Waals surface area contributed by atoms with Crippen molar-refractivity contribution in [1.82, 2.24) is 4.67 Å². The fourth-order valence-electron chi connectivity index (χ4n) is 1.27. The predicted molar refractivity (Wildman–Crippen MR) is 84.5 cm³/mol. The zero-order valence-electron chi connectivity index (χ0n) is 12.1. The Labute approximate surface area is 116 Å². The molecule has 0 rings (SSSR count). The van der Waals surface area contributed by atoms with Crippen molar-refractivity contribution in [2.75, 3.05) is 20.2 Å². The Morgan fingerprint density at radius 3 is 1.67 bits per heavy atom. The zero-order chi connectivity index (χ0) is 13.2. The van der Waals surface area contributed by atoms with E-state index in [1.807, 2.05) is 39.4 Å². The lowest BCUT2D eigenvalue weighted by molar-refractivity contribution is 0.174. The molecular weight excluding hydrogens is 245 g/mol. The molecule has 0 aromatic carbocycles. The maximum atomic E-state index is 12.9. The normalized spacial score (nSPS) is 15.6. The van der Waals surface area contributed by atoms with Crippen LogP contribution >= 0.6 is 7.52 Å². The Morgan fingerprint density at radius 1 is 1.06 bits per heavy atom. The summed E-state index contributed by atoms with van der Waals surface area (Å²) in [5.41, 5.74) is 0.0372. The number of rotatable bonds is 4. The molecular formula is C14H36NO2P. The van der Waals surface area contributed by atoms with Crippen LogP contribution in [0.5, 0.6) is 0 Å². The van der Waals surface area contributed by atoms with Crippen LogP contribution < -0.4 is 0 Å². The highest BCUT2D eigenvalue weighted by Gasteiger charge is 2.42. The van der Waals surface area contributed by atoms with E-state index in [2.05, 4.69) is 20.8 Å². The maximum Gasteiger partial charge on any atom is 0.277 e. The summed E-state index contributed by atoms with van der Waals surface area (Å²) >= 11 is 0. The highest BCUT2D eigenvalue weighted by atomic mass is 31.2. The smallest absolute Gasteiger partial charge is 0.277 e. The second kappa shape index (κ2) is 7.67. The van der Waals surface area contributed by atoms with Crippen molar-refractivity contribution in [2.45, 2.75) is 68.5 Å². The van der Waals surface area contributed by atoms with Gasteiger partial charge in [0.25, 0.3) is 7.52 Å². The monoisotopic (exact) mass is 281 g/mol. The molecule has 0 heterocycles. The van der Waals surface area contributed by atoms with Crippen LogP contribution in [0.25, 0.3) is 0 Å². The van der Waals surface area contributed by atoms with E-state index in [4.69, 9.17) is 4.52 Å². The van der Waals surface area contributed by atoms with Crippen LogP contribution in [-0.4, -0.2) is 30.0 Å². The molecule has 4 heteroatoms. The molecule has 0 spiro atoms. The summed E-state index contributed by atoms with van der Waals surface area (Å²) in [6.07, 6.45) is 0. The third-order valence-corrected chi connectivity index (χ3v) is 5.78. The van der Waals surface area contributed by atoms with E-state index in [9.17, 15) is 4.57 Å². The largest absolute Gasteiger partial charge is 0.316 e. The Bertz CT molecular complexity index is 264. The lowest BCUT2D eigenvalue weighted by atomic mass is 9.99. The molecule has 0 aliphatic carbocycles. The quantitative estimate of drug-likeness (QED) is 0.658. The first-order valence-electron chi connectivity index (χ1n) is 5.90. The van der Waals surface area contributed by atoms with Gasteiger partial charge < -0.3 is 4.52 Å². The van der Waals surface area contributed by atoms with E-state index in [0.29, 0.717) is 6.61 Å². The number of hydrogen-bond donors (Lipinski definition) is 0. The molecule has 0 amide bonds. The van der Waals surface area contributed by atoms with E-state index in [1.54, 1.807) is 0 Å². The van der Waals surface area contributed by atoms with Crippen LogP contribution in [0.2, 0.25) is 0 Å². The van der Waals surface area contributed by atoms with Crippen molar-refractivity contribution in [2.24, 2.45) is 5.41 Å². The topological polar surface area (TPSA) is 29.5 Å². The molecule has 0 saturated heterocycles. The third-order valence-electron chi connectivity index (χ3n) is 2.43. The fraction of sp³-hybridized carbons (Fsp3) is 1.00. The van der Waals surface area contributed by atoms with E-state index in [0.717, 1.165) is 6.54 Å². The van der Waals surface area contributed by atoms with Crippen molar-refractivity contribution in [3.63, 3.8) is 0 Å². The molecule has 18 heavy (non-hydrogen) atoms. The van der Waals surface area contributed by atoms with E-state index in [-0.39, 0.29) is 25.4 Å². The lowest BCUT2D eigenvalue weighted by Crippen LogP contribution is -2.31. The Hall–Kier alpha value is 0.150. The SMILES string of the molecule is C.C.CCN(C)P(=O)(OCC(C)(C)C)C(C)(C)C. The first-order chi connectivity index (χ1) is 6.94. The third kappa shape index (κ3) is 6.36. The number of nitrogens with zero attached hydrogens (tertiary/aromatic N) is 1. The second-order valence-electron chi connectivity index (χ2n) is 6.50. The first kappa shape index (κ1) is 23.3. The Kier molecular flexibility index (Phi) is 9.91. The molecule has 0 aliphatic rings. The molecule has 0 aromatic rings.